The van der Waals surface area contributed by atoms with Crippen LogP contribution in [0.1, 0.15) is 26.3 Å². The largest absolute Gasteiger partial charge is 0.297 e. The zero-order valence-electron chi connectivity index (χ0n) is 9.23. The van der Waals surface area contributed by atoms with Gasteiger partial charge in [-0.25, -0.2) is 0 Å². The van der Waals surface area contributed by atoms with Crippen molar-refractivity contribution in [3.05, 3.63) is 29.8 Å². The monoisotopic (exact) mass is 228 g/mol. The predicted octanol–water partition coefficient (Wildman–Crippen LogP) is 2.36. The van der Waals surface area contributed by atoms with Crippen LogP contribution in [0.25, 0.3) is 0 Å². The van der Waals surface area contributed by atoms with Crippen LogP contribution in [0.15, 0.2) is 29.2 Å². The molecule has 0 unspecified atom stereocenters. The van der Waals surface area contributed by atoms with Crippen molar-refractivity contribution in [2.75, 3.05) is 0 Å². The standard InChI is InChI=1S/C11H16O3S/c1-4-10-7-5-6-8-11(10)15(12,13)14-9(2)3/h5-9H,4H2,1-3H3. The highest BCUT2D eigenvalue weighted by atomic mass is 32.2. The van der Waals surface area contributed by atoms with Crippen molar-refractivity contribution in [2.24, 2.45) is 0 Å². The summed E-state index contributed by atoms with van der Waals surface area (Å²) in [6.45, 7) is 5.32. The van der Waals surface area contributed by atoms with Gasteiger partial charge < -0.3 is 0 Å². The number of benzene rings is 1. The molecule has 0 saturated heterocycles. The minimum absolute atomic E-state index is 0.279. The Morgan fingerprint density at radius 1 is 1.27 bits per heavy atom. The van der Waals surface area contributed by atoms with Crippen LogP contribution in [-0.2, 0) is 20.7 Å². The van der Waals surface area contributed by atoms with Crippen molar-refractivity contribution in [1.82, 2.24) is 0 Å². The molecule has 0 amide bonds. The van der Waals surface area contributed by atoms with Crippen LogP contribution in [0.4, 0.5) is 0 Å². The average molecular weight is 228 g/mol. The number of aryl methyl sites for hydroxylation is 1. The van der Waals surface area contributed by atoms with Crippen molar-refractivity contribution in [2.45, 2.75) is 38.2 Å². The third kappa shape index (κ3) is 3.04. The van der Waals surface area contributed by atoms with Crippen LogP contribution >= 0.6 is 0 Å². The average Bonchev–Trinajstić information content (AvgIpc) is 2.16. The lowest BCUT2D eigenvalue weighted by Gasteiger charge is -2.11. The predicted molar refractivity (Wildman–Crippen MR) is 59.2 cm³/mol. The molecule has 0 bridgehead atoms. The molecule has 4 heteroatoms. The summed E-state index contributed by atoms with van der Waals surface area (Å²) < 4.78 is 28.5. The summed E-state index contributed by atoms with van der Waals surface area (Å²) in [6.07, 6.45) is 0.344. The summed E-state index contributed by atoms with van der Waals surface area (Å²) >= 11 is 0. The smallest absolute Gasteiger partial charge is 0.264 e. The van der Waals surface area contributed by atoms with Gasteiger partial charge >= 0.3 is 0 Å². The Labute approximate surface area is 91.2 Å². The van der Waals surface area contributed by atoms with Gasteiger partial charge in [-0.05, 0) is 31.9 Å². The van der Waals surface area contributed by atoms with Gasteiger partial charge in [-0.2, -0.15) is 8.42 Å². The van der Waals surface area contributed by atoms with Crippen LogP contribution in [0.2, 0.25) is 0 Å². The Morgan fingerprint density at radius 2 is 1.87 bits per heavy atom. The molecule has 0 spiro atoms. The Kier molecular flexibility index (Phi) is 3.88. The van der Waals surface area contributed by atoms with E-state index in [-0.39, 0.29) is 11.0 Å². The summed E-state index contributed by atoms with van der Waals surface area (Å²) in [7, 11) is -3.60. The minimum atomic E-state index is -3.60. The van der Waals surface area contributed by atoms with E-state index in [0.717, 1.165) is 5.56 Å². The maximum absolute atomic E-state index is 11.8. The molecule has 1 rings (SSSR count). The number of hydrogen-bond acceptors (Lipinski definition) is 3. The van der Waals surface area contributed by atoms with Crippen molar-refractivity contribution >= 4 is 10.1 Å². The van der Waals surface area contributed by atoms with E-state index in [0.29, 0.717) is 6.42 Å². The number of hydrogen-bond donors (Lipinski definition) is 0. The quantitative estimate of drug-likeness (QED) is 0.743. The van der Waals surface area contributed by atoms with Gasteiger partial charge in [0.05, 0.1) is 11.0 Å². The summed E-state index contributed by atoms with van der Waals surface area (Å²) in [5.74, 6) is 0. The minimum Gasteiger partial charge on any atom is -0.264 e. The summed E-state index contributed by atoms with van der Waals surface area (Å²) in [5, 5.41) is 0. The zero-order valence-corrected chi connectivity index (χ0v) is 10.0. The molecule has 3 nitrogen and oxygen atoms in total. The molecule has 84 valence electrons. The fraction of sp³-hybridized carbons (Fsp3) is 0.455. The third-order valence-corrected chi connectivity index (χ3v) is 3.52. The second-order valence-electron chi connectivity index (χ2n) is 3.56. The van der Waals surface area contributed by atoms with Gasteiger partial charge in [0.1, 0.15) is 0 Å². The van der Waals surface area contributed by atoms with Crippen LogP contribution < -0.4 is 0 Å². The van der Waals surface area contributed by atoms with E-state index in [1.165, 1.54) is 0 Å². The molecule has 0 fully saturated rings. The lowest BCUT2D eigenvalue weighted by Crippen LogP contribution is -2.14. The lowest BCUT2D eigenvalue weighted by atomic mass is 10.2. The van der Waals surface area contributed by atoms with Gasteiger partial charge in [-0.1, -0.05) is 25.1 Å². The van der Waals surface area contributed by atoms with E-state index in [4.69, 9.17) is 4.18 Å². The van der Waals surface area contributed by atoms with Crippen LogP contribution in [0.5, 0.6) is 0 Å². The van der Waals surface area contributed by atoms with Crippen molar-refractivity contribution in [3.8, 4) is 0 Å². The first-order chi connectivity index (χ1) is 6.97. The molecular formula is C11H16O3S. The highest BCUT2D eigenvalue weighted by Gasteiger charge is 2.19. The summed E-state index contributed by atoms with van der Waals surface area (Å²) in [6, 6.07) is 6.91. The Balaban J connectivity index is 3.15. The SMILES string of the molecule is CCc1ccccc1S(=O)(=O)OC(C)C. The fourth-order valence-electron chi connectivity index (χ4n) is 1.34. The van der Waals surface area contributed by atoms with Crippen molar-refractivity contribution in [3.63, 3.8) is 0 Å². The van der Waals surface area contributed by atoms with Gasteiger partial charge in [0.25, 0.3) is 10.1 Å². The first kappa shape index (κ1) is 12.2. The Bertz CT molecular complexity index is 421. The molecule has 1 aromatic rings. The molecule has 0 heterocycles. The number of rotatable bonds is 4. The van der Waals surface area contributed by atoms with E-state index in [2.05, 4.69) is 0 Å². The first-order valence-corrected chi connectivity index (χ1v) is 6.39. The topological polar surface area (TPSA) is 43.4 Å². The molecule has 0 aliphatic carbocycles. The van der Waals surface area contributed by atoms with E-state index in [9.17, 15) is 8.42 Å². The maximum Gasteiger partial charge on any atom is 0.297 e. The van der Waals surface area contributed by atoms with Crippen LogP contribution in [-0.4, -0.2) is 14.5 Å². The van der Waals surface area contributed by atoms with Gasteiger partial charge in [0.15, 0.2) is 0 Å². The van der Waals surface area contributed by atoms with Gasteiger partial charge in [-0.3, -0.25) is 4.18 Å². The van der Waals surface area contributed by atoms with Crippen molar-refractivity contribution in [1.29, 1.82) is 0 Å². The molecular weight excluding hydrogens is 212 g/mol. The van der Waals surface area contributed by atoms with E-state index < -0.39 is 10.1 Å². The van der Waals surface area contributed by atoms with E-state index in [1.54, 1.807) is 32.0 Å². The lowest BCUT2D eigenvalue weighted by molar-refractivity contribution is 0.248. The highest BCUT2D eigenvalue weighted by molar-refractivity contribution is 7.86. The van der Waals surface area contributed by atoms with Crippen LogP contribution in [0, 0.1) is 0 Å². The molecule has 0 aromatic heterocycles. The Hall–Kier alpha value is -0.870. The second-order valence-corrected chi connectivity index (χ2v) is 5.10. The summed E-state index contributed by atoms with van der Waals surface area (Å²) in [5.41, 5.74) is 0.790. The normalized spacial score (nSPS) is 12.0. The third-order valence-electron chi connectivity index (χ3n) is 1.94. The fourth-order valence-corrected chi connectivity index (χ4v) is 2.73. The Morgan fingerprint density at radius 3 is 2.40 bits per heavy atom. The van der Waals surface area contributed by atoms with Gasteiger partial charge in [0, 0.05) is 0 Å². The molecule has 0 aliphatic heterocycles. The van der Waals surface area contributed by atoms with E-state index in [1.807, 2.05) is 13.0 Å². The molecule has 0 aliphatic rings. The molecule has 0 N–H and O–H groups in total. The molecule has 0 radical (unpaired) electrons. The summed E-state index contributed by atoms with van der Waals surface area (Å²) in [4.78, 5) is 0.279. The van der Waals surface area contributed by atoms with Gasteiger partial charge in [-0.15, -0.1) is 0 Å². The molecule has 0 atom stereocenters. The first-order valence-electron chi connectivity index (χ1n) is 4.98. The van der Waals surface area contributed by atoms with Gasteiger partial charge in [0.2, 0.25) is 0 Å². The van der Waals surface area contributed by atoms with Crippen molar-refractivity contribution < 1.29 is 12.6 Å². The second kappa shape index (κ2) is 4.77. The highest BCUT2D eigenvalue weighted by Crippen LogP contribution is 2.19. The van der Waals surface area contributed by atoms with Crippen LogP contribution in [0.3, 0.4) is 0 Å². The zero-order chi connectivity index (χ0) is 11.5. The van der Waals surface area contributed by atoms with E-state index >= 15 is 0 Å². The molecule has 15 heavy (non-hydrogen) atoms. The molecule has 1 aromatic carbocycles. The maximum atomic E-state index is 11.8. The molecule has 0 saturated carbocycles.